The highest BCUT2D eigenvalue weighted by Crippen LogP contribution is 2.37. The zero-order valence-electron chi connectivity index (χ0n) is 18.0. The average molecular weight is 472 g/mol. The van der Waals surface area contributed by atoms with Gasteiger partial charge in [0.05, 0.1) is 16.8 Å². The Morgan fingerprint density at radius 2 is 2.00 bits per heavy atom. The molecule has 8 heteroatoms. The predicted octanol–water partition coefficient (Wildman–Crippen LogP) is 4.96. The molecule has 1 aliphatic carbocycles. The summed E-state index contributed by atoms with van der Waals surface area (Å²) in [5, 5.41) is 4.31. The third-order valence-corrected chi connectivity index (χ3v) is 6.22. The number of hydrogen-bond acceptors (Lipinski definition) is 5. The first-order chi connectivity index (χ1) is 15.3. The fraction of sp³-hybridized carbons (Fsp3) is 0.292. The van der Waals surface area contributed by atoms with E-state index in [1.54, 1.807) is 25.2 Å². The Balaban J connectivity index is 1.79. The number of rotatable bonds is 5. The van der Waals surface area contributed by atoms with Crippen LogP contribution in [0.3, 0.4) is 0 Å². The molecule has 0 saturated carbocycles. The topological polar surface area (TPSA) is 73.2 Å². The van der Waals surface area contributed by atoms with E-state index in [1.165, 1.54) is 11.5 Å². The van der Waals surface area contributed by atoms with Crippen LogP contribution in [0.2, 0.25) is 10.0 Å². The Labute approximate surface area is 196 Å². The molecular formula is C24H23Cl2N3O3. The van der Waals surface area contributed by atoms with Gasteiger partial charge in [-0.1, -0.05) is 54.4 Å². The number of fused-ring (bicyclic) bond motifs is 1. The number of hydrogen-bond donors (Lipinski definition) is 1. The summed E-state index contributed by atoms with van der Waals surface area (Å²) < 4.78 is 7.14. The van der Waals surface area contributed by atoms with E-state index >= 15 is 0 Å². The molecule has 1 N–H and O–H groups in total. The van der Waals surface area contributed by atoms with Crippen LogP contribution in [-0.4, -0.2) is 21.6 Å². The van der Waals surface area contributed by atoms with Crippen molar-refractivity contribution in [2.45, 2.75) is 38.8 Å². The lowest BCUT2D eigenvalue weighted by molar-refractivity contribution is -0.146. The van der Waals surface area contributed by atoms with Crippen molar-refractivity contribution in [3.8, 4) is 11.3 Å². The number of carbonyl (C=O) groups excluding carboxylic acids is 1. The maximum Gasteiger partial charge on any atom is 0.302 e. The highest BCUT2D eigenvalue weighted by molar-refractivity contribution is 6.36. The van der Waals surface area contributed by atoms with Crippen LogP contribution >= 0.6 is 23.2 Å². The second-order valence-corrected chi connectivity index (χ2v) is 8.61. The van der Waals surface area contributed by atoms with Gasteiger partial charge in [0.2, 0.25) is 0 Å². The lowest BCUT2D eigenvalue weighted by Crippen LogP contribution is -2.31. The molecular weight excluding hydrogens is 449 g/mol. The van der Waals surface area contributed by atoms with Crippen LogP contribution in [0.4, 0.5) is 5.82 Å². The van der Waals surface area contributed by atoms with Crippen molar-refractivity contribution in [1.82, 2.24) is 9.55 Å². The molecule has 0 amide bonds. The number of anilines is 1. The number of esters is 1. The van der Waals surface area contributed by atoms with Gasteiger partial charge in [0.1, 0.15) is 17.6 Å². The first-order valence-electron chi connectivity index (χ1n) is 10.4. The monoisotopic (exact) mass is 471 g/mol. The standard InChI is InChI=1S/C24H23Cl2N3O3/c1-4-19-23(28-21-16-8-6-5-7-14(16)11-20(21)32-13(2)30)29(3)24(31)22(27-19)17-10-9-15(25)12-18(17)26/h5-10,12,20-21,28H,4,11H2,1-3H3/t20-,21-/m0/s1. The van der Waals surface area contributed by atoms with Crippen molar-refractivity contribution >= 4 is 35.0 Å². The zero-order valence-corrected chi connectivity index (χ0v) is 19.5. The summed E-state index contributed by atoms with van der Waals surface area (Å²) in [5.74, 6) is 0.246. The van der Waals surface area contributed by atoms with E-state index < -0.39 is 0 Å². The molecule has 32 heavy (non-hydrogen) atoms. The molecule has 0 fully saturated rings. The van der Waals surface area contributed by atoms with E-state index in [4.69, 9.17) is 27.9 Å². The minimum Gasteiger partial charge on any atom is -0.460 e. The molecule has 0 radical (unpaired) electrons. The van der Waals surface area contributed by atoms with Gasteiger partial charge in [0, 0.05) is 31.0 Å². The van der Waals surface area contributed by atoms with Crippen LogP contribution in [-0.2, 0) is 29.4 Å². The van der Waals surface area contributed by atoms with Gasteiger partial charge in [0.15, 0.2) is 0 Å². The lowest BCUT2D eigenvalue weighted by Gasteiger charge is -2.25. The molecule has 0 bridgehead atoms. The molecule has 6 nitrogen and oxygen atoms in total. The van der Waals surface area contributed by atoms with Gasteiger partial charge in [-0.2, -0.15) is 0 Å². The van der Waals surface area contributed by atoms with Crippen LogP contribution in [0.25, 0.3) is 11.3 Å². The van der Waals surface area contributed by atoms with Crippen molar-refractivity contribution < 1.29 is 9.53 Å². The van der Waals surface area contributed by atoms with Gasteiger partial charge in [-0.05, 0) is 35.7 Å². The van der Waals surface area contributed by atoms with E-state index in [2.05, 4.69) is 10.3 Å². The molecule has 0 unspecified atom stereocenters. The highest BCUT2D eigenvalue weighted by atomic mass is 35.5. The fourth-order valence-corrected chi connectivity index (χ4v) is 4.67. The van der Waals surface area contributed by atoms with Crippen LogP contribution < -0.4 is 10.9 Å². The second-order valence-electron chi connectivity index (χ2n) is 7.77. The Hall–Kier alpha value is -2.83. The van der Waals surface area contributed by atoms with Gasteiger partial charge >= 0.3 is 5.97 Å². The normalized spacial score (nSPS) is 17.2. The van der Waals surface area contributed by atoms with Crippen molar-refractivity contribution in [3.63, 3.8) is 0 Å². The Morgan fingerprint density at radius 1 is 1.25 bits per heavy atom. The first-order valence-corrected chi connectivity index (χ1v) is 11.1. The average Bonchev–Trinajstić information content (AvgIpc) is 3.08. The zero-order chi connectivity index (χ0) is 23.0. The predicted molar refractivity (Wildman–Crippen MR) is 126 cm³/mol. The number of nitrogens with zero attached hydrogens (tertiary/aromatic N) is 2. The molecule has 1 heterocycles. The maximum atomic E-state index is 13.3. The van der Waals surface area contributed by atoms with Crippen molar-refractivity contribution in [2.24, 2.45) is 7.05 Å². The molecule has 4 rings (SSSR count). The minimum absolute atomic E-state index is 0.264. The number of carbonyl (C=O) groups is 1. The molecule has 3 aromatic rings. The molecule has 1 aromatic heterocycles. The minimum atomic E-state index is -0.380. The van der Waals surface area contributed by atoms with Crippen LogP contribution in [0.5, 0.6) is 0 Å². The Kier molecular flexibility index (Phi) is 6.26. The number of nitrogens with one attached hydrogen (secondary N) is 1. The molecule has 2 aromatic carbocycles. The molecule has 1 aliphatic rings. The summed E-state index contributed by atoms with van der Waals surface area (Å²) in [5.41, 5.74) is 3.36. The fourth-order valence-electron chi connectivity index (χ4n) is 4.17. The molecule has 2 atom stereocenters. The van der Waals surface area contributed by atoms with E-state index in [9.17, 15) is 9.59 Å². The second kappa shape index (κ2) is 8.96. The van der Waals surface area contributed by atoms with E-state index in [1.807, 2.05) is 31.2 Å². The highest BCUT2D eigenvalue weighted by Gasteiger charge is 2.35. The van der Waals surface area contributed by atoms with Crippen LogP contribution in [0.1, 0.15) is 36.7 Å². The van der Waals surface area contributed by atoms with Crippen molar-refractivity contribution in [3.05, 3.63) is 79.7 Å². The number of aromatic nitrogens is 2. The Bertz CT molecular complexity index is 1260. The maximum absolute atomic E-state index is 13.3. The number of halogens is 2. The van der Waals surface area contributed by atoms with E-state index in [0.29, 0.717) is 40.0 Å². The largest absolute Gasteiger partial charge is 0.460 e. The third kappa shape index (κ3) is 4.12. The first kappa shape index (κ1) is 22.4. The van der Waals surface area contributed by atoms with Crippen LogP contribution in [0, 0.1) is 0 Å². The van der Waals surface area contributed by atoms with Gasteiger partial charge in [0.25, 0.3) is 5.56 Å². The summed E-state index contributed by atoms with van der Waals surface area (Å²) in [4.78, 5) is 29.6. The van der Waals surface area contributed by atoms with E-state index in [0.717, 1.165) is 11.1 Å². The summed E-state index contributed by atoms with van der Waals surface area (Å²) in [6.45, 7) is 3.37. The van der Waals surface area contributed by atoms with Crippen LogP contribution in [0.15, 0.2) is 47.3 Å². The van der Waals surface area contributed by atoms with Gasteiger partial charge in [-0.3, -0.25) is 14.2 Å². The molecule has 0 spiro atoms. The third-order valence-electron chi connectivity index (χ3n) is 5.68. The SMILES string of the molecule is CCc1nc(-c2ccc(Cl)cc2Cl)c(=O)n(C)c1N[C@H]1c2ccccc2C[C@@H]1OC(C)=O. The van der Waals surface area contributed by atoms with Crippen molar-refractivity contribution in [1.29, 1.82) is 0 Å². The Morgan fingerprint density at radius 3 is 2.69 bits per heavy atom. The molecule has 0 aliphatic heterocycles. The van der Waals surface area contributed by atoms with Gasteiger partial charge in [-0.15, -0.1) is 0 Å². The van der Waals surface area contributed by atoms with E-state index in [-0.39, 0.29) is 29.4 Å². The molecule has 0 saturated heterocycles. The lowest BCUT2D eigenvalue weighted by atomic mass is 10.1. The summed E-state index contributed by atoms with van der Waals surface area (Å²) in [7, 11) is 1.69. The quantitative estimate of drug-likeness (QED) is 0.532. The van der Waals surface area contributed by atoms with Gasteiger partial charge in [-0.25, -0.2) is 4.98 Å². The summed E-state index contributed by atoms with van der Waals surface area (Å²) in [6.07, 6.45) is 0.811. The smallest absolute Gasteiger partial charge is 0.302 e. The number of benzene rings is 2. The summed E-state index contributed by atoms with van der Waals surface area (Å²) >= 11 is 12.4. The van der Waals surface area contributed by atoms with Crippen molar-refractivity contribution in [2.75, 3.05) is 5.32 Å². The van der Waals surface area contributed by atoms with Gasteiger partial charge < -0.3 is 10.1 Å². The number of aryl methyl sites for hydroxylation is 1. The summed E-state index contributed by atoms with van der Waals surface area (Å²) in [6, 6.07) is 12.6. The molecule has 166 valence electrons. The number of ether oxygens (including phenoxy) is 1.